The second-order valence-corrected chi connectivity index (χ2v) is 8.68. The highest BCUT2D eigenvalue weighted by molar-refractivity contribution is 6.52. The number of hydrogen-bond acceptors (Lipinski definition) is 3. The van der Waals surface area contributed by atoms with E-state index in [0.29, 0.717) is 6.07 Å². The highest BCUT2D eigenvalue weighted by Crippen LogP contribution is 2.53. The van der Waals surface area contributed by atoms with Gasteiger partial charge >= 0.3 is 6.43 Å². The molecule has 0 unspecified atom stereocenters. The highest BCUT2D eigenvalue weighted by atomic mass is 35.5. The van der Waals surface area contributed by atoms with E-state index in [1.54, 1.807) is 0 Å². The molecule has 2 aromatic rings. The number of halogens is 7. The molecule has 1 aliphatic rings. The quantitative estimate of drug-likeness (QED) is 0.367. The van der Waals surface area contributed by atoms with Gasteiger partial charge in [-0.05, 0) is 36.8 Å². The third-order valence-electron chi connectivity index (χ3n) is 4.41. The molecule has 3 N–H and O–H groups in total. The Kier molecular flexibility index (Phi) is 6.87. The highest BCUT2D eigenvalue weighted by Gasteiger charge is 2.56. The van der Waals surface area contributed by atoms with E-state index in [1.165, 1.54) is 23.5 Å². The van der Waals surface area contributed by atoms with E-state index in [0.717, 1.165) is 6.07 Å². The molecule has 170 valence electrons. The van der Waals surface area contributed by atoms with Crippen molar-refractivity contribution in [3.8, 4) is 0 Å². The van der Waals surface area contributed by atoms with Crippen LogP contribution in [0.1, 0.15) is 16.8 Å². The van der Waals surface area contributed by atoms with Crippen LogP contribution < -0.4 is 16.0 Å². The van der Waals surface area contributed by atoms with Gasteiger partial charge in [-0.3, -0.25) is 14.4 Å². The molecule has 0 saturated heterocycles. The maximum atomic E-state index is 14.5. The molecule has 1 atom stereocenters. The summed E-state index contributed by atoms with van der Waals surface area (Å²) in [6.45, 7) is 0. The van der Waals surface area contributed by atoms with Crippen molar-refractivity contribution in [2.75, 3.05) is 16.0 Å². The fourth-order valence-corrected chi connectivity index (χ4v) is 3.35. The van der Waals surface area contributed by atoms with Crippen molar-refractivity contribution < 1.29 is 31.9 Å². The van der Waals surface area contributed by atoms with Crippen molar-refractivity contribution in [3.63, 3.8) is 0 Å². The smallest absolute Gasteiger partial charge is 0.315 e. The van der Waals surface area contributed by atoms with Crippen molar-refractivity contribution >= 4 is 69.6 Å². The second kappa shape index (κ2) is 9.13. The van der Waals surface area contributed by atoms with Crippen molar-refractivity contribution in [2.45, 2.75) is 17.2 Å². The minimum Gasteiger partial charge on any atom is -0.326 e. The Morgan fingerprint density at radius 1 is 1.03 bits per heavy atom. The average Bonchev–Trinajstić information content (AvgIpc) is 3.36. The number of rotatable bonds is 6. The average molecular weight is 513 g/mol. The lowest BCUT2D eigenvalue weighted by Crippen LogP contribution is -2.22. The molecule has 0 heterocycles. The minimum atomic E-state index is -3.51. The van der Waals surface area contributed by atoms with Crippen LogP contribution in [0.3, 0.4) is 0 Å². The van der Waals surface area contributed by atoms with Crippen molar-refractivity contribution in [1.29, 1.82) is 0 Å². The molecule has 13 heteroatoms. The first-order valence-electron chi connectivity index (χ1n) is 8.77. The maximum absolute atomic E-state index is 14.5. The van der Waals surface area contributed by atoms with E-state index in [2.05, 4.69) is 10.6 Å². The zero-order chi connectivity index (χ0) is 23.8. The van der Waals surface area contributed by atoms with Crippen LogP contribution in [0.2, 0.25) is 5.02 Å². The first kappa shape index (κ1) is 24.1. The van der Waals surface area contributed by atoms with E-state index in [9.17, 15) is 31.9 Å². The van der Waals surface area contributed by atoms with E-state index in [1.807, 2.05) is 0 Å². The molecule has 0 aromatic heterocycles. The van der Waals surface area contributed by atoms with Gasteiger partial charge in [-0.2, -0.15) is 8.78 Å². The zero-order valence-corrected chi connectivity index (χ0v) is 17.9. The standard InChI is InChI=1S/C19H12Cl3F4N3O3/c20-10-2-1-7(27-17(31)9-6-19(9,21)22)5-8(10)16(30)28-12-4-3-11(23)14(13(12)24)29-18(32)15(25)26/h1-5,9,15H,6H2,(H,27,31)(H,28,30)(H,29,32)/t9-/m1/s1. The van der Waals surface area contributed by atoms with Crippen LogP contribution >= 0.6 is 34.8 Å². The Bertz CT molecular complexity index is 1110. The molecule has 6 nitrogen and oxygen atoms in total. The molecule has 1 aliphatic carbocycles. The lowest BCUT2D eigenvalue weighted by atomic mass is 10.1. The Morgan fingerprint density at radius 2 is 1.69 bits per heavy atom. The van der Waals surface area contributed by atoms with Crippen LogP contribution in [-0.4, -0.2) is 28.5 Å². The summed E-state index contributed by atoms with van der Waals surface area (Å²) in [6.07, 6.45) is -3.25. The zero-order valence-electron chi connectivity index (χ0n) is 15.6. The Morgan fingerprint density at radius 3 is 2.28 bits per heavy atom. The van der Waals surface area contributed by atoms with Gasteiger partial charge in [-0.25, -0.2) is 8.78 Å². The number of carbonyl (C=O) groups is 3. The summed E-state index contributed by atoms with van der Waals surface area (Å²) in [4.78, 5) is 35.8. The van der Waals surface area contributed by atoms with Gasteiger partial charge in [0, 0.05) is 5.69 Å². The van der Waals surface area contributed by atoms with Gasteiger partial charge < -0.3 is 16.0 Å². The lowest BCUT2D eigenvalue weighted by molar-refractivity contribution is -0.126. The lowest BCUT2D eigenvalue weighted by Gasteiger charge is -2.13. The van der Waals surface area contributed by atoms with Gasteiger partial charge in [0.1, 0.15) is 15.8 Å². The third kappa shape index (κ3) is 5.25. The molecule has 1 fully saturated rings. The minimum absolute atomic E-state index is 0.0651. The van der Waals surface area contributed by atoms with Gasteiger partial charge in [0.15, 0.2) is 5.82 Å². The van der Waals surface area contributed by atoms with Crippen LogP contribution in [0.5, 0.6) is 0 Å². The summed E-state index contributed by atoms with van der Waals surface area (Å²) in [5.74, 6) is -6.81. The molecule has 2 aromatic carbocycles. The Hall–Kier alpha value is -2.56. The van der Waals surface area contributed by atoms with Crippen molar-refractivity contribution in [3.05, 3.63) is 52.6 Å². The number of benzene rings is 2. The molecule has 0 spiro atoms. The molecular weight excluding hydrogens is 501 g/mol. The normalized spacial score (nSPS) is 16.4. The fourth-order valence-electron chi connectivity index (χ4n) is 2.64. The van der Waals surface area contributed by atoms with Crippen LogP contribution in [0.4, 0.5) is 34.6 Å². The third-order valence-corrected chi connectivity index (χ3v) is 5.57. The molecule has 0 radical (unpaired) electrons. The molecule has 0 aliphatic heterocycles. The SMILES string of the molecule is O=C(Nc1ccc(F)c(NC(=O)C(F)F)c1F)c1cc(NC(=O)[C@H]2CC2(Cl)Cl)ccc1Cl. The van der Waals surface area contributed by atoms with Gasteiger partial charge in [0.2, 0.25) is 5.91 Å². The maximum Gasteiger partial charge on any atom is 0.315 e. The molecule has 3 rings (SSSR count). The molecule has 0 bridgehead atoms. The van der Waals surface area contributed by atoms with E-state index in [4.69, 9.17) is 34.8 Å². The fraction of sp³-hybridized carbons (Fsp3) is 0.211. The van der Waals surface area contributed by atoms with Crippen molar-refractivity contribution in [1.82, 2.24) is 0 Å². The summed E-state index contributed by atoms with van der Waals surface area (Å²) >= 11 is 17.7. The number of hydrogen-bond donors (Lipinski definition) is 3. The van der Waals surface area contributed by atoms with Crippen LogP contribution in [0.25, 0.3) is 0 Å². The summed E-state index contributed by atoms with van der Waals surface area (Å²) in [7, 11) is 0. The predicted octanol–water partition coefficient (Wildman–Crippen LogP) is 5.21. The second-order valence-electron chi connectivity index (χ2n) is 6.73. The largest absolute Gasteiger partial charge is 0.326 e. The topological polar surface area (TPSA) is 87.3 Å². The Balaban J connectivity index is 1.80. The summed E-state index contributed by atoms with van der Waals surface area (Å²) < 4.78 is 51.9. The van der Waals surface area contributed by atoms with Gasteiger partial charge in [-0.1, -0.05) is 11.6 Å². The summed E-state index contributed by atoms with van der Waals surface area (Å²) in [5, 5.41) is 5.97. The van der Waals surface area contributed by atoms with Crippen LogP contribution in [0, 0.1) is 17.6 Å². The molecular formula is C19H12Cl3F4N3O3. The van der Waals surface area contributed by atoms with E-state index in [-0.39, 0.29) is 22.7 Å². The Labute approximate surface area is 193 Å². The van der Waals surface area contributed by atoms with Crippen LogP contribution in [0.15, 0.2) is 30.3 Å². The van der Waals surface area contributed by atoms with Crippen molar-refractivity contribution in [2.24, 2.45) is 5.92 Å². The van der Waals surface area contributed by atoms with Crippen LogP contribution in [-0.2, 0) is 9.59 Å². The number of carbonyl (C=O) groups excluding carboxylic acids is 3. The number of nitrogens with one attached hydrogen (secondary N) is 3. The van der Waals surface area contributed by atoms with E-state index < -0.39 is 57.4 Å². The molecule has 3 amide bonds. The van der Waals surface area contributed by atoms with Gasteiger partial charge in [-0.15, -0.1) is 23.2 Å². The first-order chi connectivity index (χ1) is 14.9. The monoisotopic (exact) mass is 511 g/mol. The first-order valence-corrected chi connectivity index (χ1v) is 9.90. The number of alkyl halides is 4. The summed E-state index contributed by atoms with van der Waals surface area (Å²) in [5.41, 5.74) is -1.79. The predicted molar refractivity (Wildman–Crippen MR) is 112 cm³/mol. The number of amides is 3. The van der Waals surface area contributed by atoms with Gasteiger partial charge in [0.25, 0.3) is 11.8 Å². The molecule has 1 saturated carbocycles. The summed E-state index contributed by atoms with van der Waals surface area (Å²) in [6, 6.07) is 5.39. The molecule has 32 heavy (non-hydrogen) atoms. The van der Waals surface area contributed by atoms with Gasteiger partial charge in [0.05, 0.1) is 22.2 Å². The number of anilines is 3. The van der Waals surface area contributed by atoms with E-state index >= 15 is 0 Å².